The number of phosphoric ester groups is 1. The van der Waals surface area contributed by atoms with E-state index < -0.39 is 20.0 Å². The second-order valence-electron chi connectivity index (χ2n) is 22.4. The highest BCUT2D eigenvalue weighted by Gasteiger charge is 2.23. The van der Waals surface area contributed by atoms with Gasteiger partial charge in [-0.3, -0.25) is 9.36 Å². The minimum Gasteiger partial charge on any atom is -0.756 e. The van der Waals surface area contributed by atoms with Crippen molar-refractivity contribution in [3.8, 4) is 0 Å². The van der Waals surface area contributed by atoms with Crippen LogP contribution in [-0.2, 0) is 18.4 Å². The van der Waals surface area contributed by atoms with Gasteiger partial charge in [-0.15, -0.1) is 0 Å². The fourth-order valence-electron chi connectivity index (χ4n) is 9.15. The van der Waals surface area contributed by atoms with E-state index in [1.807, 2.05) is 27.2 Å². The Hall–Kier alpha value is -1.80. The number of unbranched alkanes of at least 4 members (excludes halogenated alkanes) is 36. The highest BCUT2D eigenvalue weighted by molar-refractivity contribution is 7.45. The molecule has 0 spiro atoms. The van der Waals surface area contributed by atoms with Crippen LogP contribution >= 0.6 is 7.82 Å². The normalized spacial score (nSPS) is 14.2. The Bertz CT molecular complexity index is 1370. The average Bonchev–Trinajstić information content (AvgIpc) is 3.35. The Morgan fingerprint density at radius 1 is 0.493 bits per heavy atom. The van der Waals surface area contributed by atoms with Crippen molar-refractivity contribution < 1.29 is 32.9 Å². The molecule has 2 N–H and O–H groups in total. The fraction of sp³-hybridized carbons (Fsp3) is 0.828. The summed E-state index contributed by atoms with van der Waals surface area (Å²) >= 11 is 0. The number of phosphoric acid groups is 1. The second-order valence-corrected chi connectivity index (χ2v) is 23.8. The van der Waals surface area contributed by atoms with Crippen LogP contribution in [0, 0.1) is 0 Å². The zero-order valence-corrected chi connectivity index (χ0v) is 49.7. The molecule has 0 aromatic rings. The molecule has 0 radical (unpaired) electrons. The summed E-state index contributed by atoms with van der Waals surface area (Å²) in [5.74, 6) is -0.194. The van der Waals surface area contributed by atoms with E-state index in [0.29, 0.717) is 17.4 Å². The number of quaternary nitrogens is 1. The zero-order valence-electron chi connectivity index (χ0n) is 48.8. The first-order valence-corrected chi connectivity index (χ1v) is 32.6. The summed E-state index contributed by atoms with van der Waals surface area (Å²) in [6.45, 7) is 4.56. The predicted molar refractivity (Wildman–Crippen MR) is 316 cm³/mol. The molecular formula is C64H121N2O6P. The van der Waals surface area contributed by atoms with Crippen LogP contribution in [-0.4, -0.2) is 68.5 Å². The van der Waals surface area contributed by atoms with Crippen LogP contribution in [0.5, 0.6) is 0 Å². The highest BCUT2D eigenvalue weighted by atomic mass is 31.2. The summed E-state index contributed by atoms with van der Waals surface area (Å²) in [5.41, 5.74) is 0. The van der Waals surface area contributed by atoms with E-state index in [0.717, 1.165) is 64.2 Å². The molecule has 3 unspecified atom stereocenters. The number of rotatable bonds is 57. The first kappa shape index (κ1) is 71.2. The van der Waals surface area contributed by atoms with Gasteiger partial charge in [0.1, 0.15) is 13.2 Å². The Kier molecular flexibility index (Phi) is 53.6. The van der Waals surface area contributed by atoms with E-state index in [1.54, 1.807) is 6.08 Å². The number of nitrogens with one attached hydrogen (secondary N) is 1. The zero-order chi connectivity index (χ0) is 53.5. The lowest BCUT2D eigenvalue weighted by atomic mass is 10.0. The van der Waals surface area contributed by atoms with Crippen LogP contribution < -0.4 is 10.2 Å². The molecule has 0 heterocycles. The minimum absolute atomic E-state index is 0.00000353. The molecule has 0 aliphatic carbocycles. The van der Waals surface area contributed by atoms with Gasteiger partial charge in [0.2, 0.25) is 5.91 Å². The molecule has 428 valence electrons. The van der Waals surface area contributed by atoms with Gasteiger partial charge in [0.25, 0.3) is 7.82 Å². The molecule has 0 fully saturated rings. The van der Waals surface area contributed by atoms with Crippen LogP contribution in [0.3, 0.4) is 0 Å². The number of likely N-dealkylation sites (N-methyl/N-ethyl adjacent to an activating group) is 1. The maximum Gasteiger partial charge on any atom is 0.268 e. The van der Waals surface area contributed by atoms with Crippen LogP contribution in [0.15, 0.2) is 60.8 Å². The van der Waals surface area contributed by atoms with Gasteiger partial charge in [-0.1, -0.05) is 286 Å². The van der Waals surface area contributed by atoms with Crippen molar-refractivity contribution in [1.82, 2.24) is 5.32 Å². The van der Waals surface area contributed by atoms with Gasteiger partial charge in [0.05, 0.1) is 39.9 Å². The van der Waals surface area contributed by atoms with Gasteiger partial charge in [-0.2, -0.15) is 0 Å². The van der Waals surface area contributed by atoms with Crippen molar-refractivity contribution in [2.45, 2.75) is 302 Å². The standard InChI is InChI=1S/C64H121N2O6P/c1-6-8-10-12-14-16-18-20-22-23-24-25-26-27-28-29-30-31-32-33-34-35-36-37-38-39-40-41-42-43-44-46-48-50-52-54-56-58-64(68)65-62(61-72-73(69,70)71-60-59-66(3,4)5)63(67)57-55-53-51-49-47-45-21-19-17-15-13-11-9-7-2/h8,10,14,16,20,22,24-25,55,57,62-63,67H,6-7,9,11-13,15,17-19,21,23,26-54,56,58-61H2,1-5H3,(H-,65,68,69,70)/b10-8-,16-14-,22-20-,25-24-,57-55+. The van der Waals surface area contributed by atoms with Crippen LogP contribution in [0.25, 0.3) is 0 Å². The lowest BCUT2D eigenvalue weighted by Crippen LogP contribution is -2.45. The molecular weight excluding hydrogens is 924 g/mol. The van der Waals surface area contributed by atoms with E-state index >= 15 is 0 Å². The smallest absolute Gasteiger partial charge is 0.268 e. The average molecular weight is 1050 g/mol. The maximum atomic E-state index is 13.0. The third-order valence-electron chi connectivity index (χ3n) is 14.0. The van der Waals surface area contributed by atoms with Crippen molar-refractivity contribution >= 4 is 13.7 Å². The number of hydrogen-bond donors (Lipinski definition) is 2. The van der Waals surface area contributed by atoms with Crippen LogP contribution in [0.1, 0.15) is 290 Å². The molecule has 0 aromatic heterocycles. The van der Waals surface area contributed by atoms with Crippen molar-refractivity contribution in [2.24, 2.45) is 0 Å². The van der Waals surface area contributed by atoms with Crippen molar-refractivity contribution in [2.75, 3.05) is 40.9 Å². The van der Waals surface area contributed by atoms with E-state index in [4.69, 9.17) is 9.05 Å². The summed E-state index contributed by atoms with van der Waals surface area (Å²) in [5, 5.41) is 13.9. The lowest BCUT2D eigenvalue weighted by Gasteiger charge is -2.29. The SMILES string of the molecule is CC/C=C\C/C=C\C/C=C\C/C=C\CCCCCCCCCCCCCCCCCCCCCCCCCCC(=O)NC(COP(=O)([O-])OCC[N+](C)(C)C)C(O)/C=C/CCCCCCCCCCCCCC. The second kappa shape index (κ2) is 55.0. The van der Waals surface area contributed by atoms with Gasteiger partial charge in [-0.05, 0) is 57.8 Å². The highest BCUT2D eigenvalue weighted by Crippen LogP contribution is 2.38. The molecule has 0 aliphatic heterocycles. The minimum atomic E-state index is -4.59. The van der Waals surface area contributed by atoms with Gasteiger partial charge >= 0.3 is 0 Å². The molecule has 3 atom stereocenters. The molecule has 8 nitrogen and oxygen atoms in total. The molecule has 0 saturated heterocycles. The third kappa shape index (κ3) is 57.7. The summed E-state index contributed by atoms with van der Waals surface area (Å²) < 4.78 is 23.3. The lowest BCUT2D eigenvalue weighted by molar-refractivity contribution is -0.870. The topological polar surface area (TPSA) is 108 Å². The molecule has 0 bridgehead atoms. The molecule has 0 saturated carbocycles. The van der Waals surface area contributed by atoms with Gasteiger partial charge in [0.15, 0.2) is 0 Å². The Morgan fingerprint density at radius 3 is 1.22 bits per heavy atom. The van der Waals surface area contributed by atoms with Gasteiger partial charge in [0, 0.05) is 6.42 Å². The number of nitrogens with zero attached hydrogens (tertiary/aromatic N) is 1. The predicted octanol–water partition coefficient (Wildman–Crippen LogP) is 18.6. The van der Waals surface area contributed by atoms with E-state index in [-0.39, 0.29) is 19.1 Å². The number of aliphatic hydroxyl groups excluding tert-OH is 1. The van der Waals surface area contributed by atoms with Gasteiger partial charge < -0.3 is 28.8 Å². The van der Waals surface area contributed by atoms with Gasteiger partial charge in [-0.25, -0.2) is 0 Å². The summed E-state index contributed by atoms with van der Waals surface area (Å²) in [4.78, 5) is 25.5. The van der Waals surface area contributed by atoms with Crippen LogP contribution in [0.2, 0.25) is 0 Å². The monoisotopic (exact) mass is 1040 g/mol. The summed E-state index contributed by atoms with van der Waals surface area (Å²) in [6.07, 6.45) is 74.7. The summed E-state index contributed by atoms with van der Waals surface area (Å²) in [7, 11) is 1.27. The van der Waals surface area contributed by atoms with Crippen molar-refractivity contribution in [1.29, 1.82) is 0 Å². The number of hydrogen-bond acceptors (Lipinski definition) is 6. The molecule has 1 amide bonds. The summed E-state index contributed by atoms with van der Waals surface area (Å²) in [6, 6.07) is -0.885. The number of allylic oxidation sites excluding steroid dienone is 9. The quantitative estimate of drug-likeness (QED) is 0.0272. The fourth-order valence-corrected chi connectivity index (χ4v) is 9.87. The van der Waals surface area contributed by atoms with E-state index in [9.17, 15) is 19.4 Å². The Balaban J connectivity index is 3.93. The number of carbonyl (C=O) groups excluding carboxylic acids is 1. The van der Waals surface area contributed by atoms with Crippen molar-refractivity contribution in [3.05, 3.63) is 60.8 Å². The number of aliphatic hydroxyl groups is 1. The third-order valence-corrected chi connectivity index (χ3v) is 14.9. The first-order chi connectivity index (χ1) is 35.5. The van der Waals surface area contributed by atoms with Crippen molar-refractivity contribution in [3.63, 3.8) is 0 Å². The molecule has 0 aromatic carbocycles. The Morgan fingerprint density at radius 2 is 0.836 bits per heavy atom. The van der Waals surface area contributed by atoms with E-state index in [1.165, 1.54) is 205 Å². The number of amides is 1. The molecule has 73 heavy (non-hydrogen) atoms. The maximum absolute atomic E-state index is 13.0. The first-order valence-electron chi connectivity index (χ1n) is 31.2. The molecule has 9 heteroatoms. The largest absolute Gasteiger partial charge is 0.756 e. The molecule has 0 aliphatic rings. The van der Waals surface area contributed by atoms with Crippen LogP contribution in [0.4, 0.5) is 0 Å². The molecule has 0 rings (SSSR count). The Labute approximate surface area is 453 Å². The number of carbonyl (C=O) groups is 1. The van der Waals surface area contributed by atoms with E-state index in [2.05, 4.69) is 67.8 Å².